The molecule has 0 bridgehead atoms. The zero-order valence-electron chi connectivity index (χ0n) is 13.0. The number of unbranched alkanes of at least 4 members (excludes halogenated alkanes) is 2. The van der Waals surface area contributed by atoms with E-state index in [4.69, 9.17) is 0 Å². The van der Waals surface area contributed by atoms with Gasteiger partial charge in [0.25, 0.3) is 0 Å². The summed E-state index contributed by atoms with van der Waals surface area (Å²) in [6.45, 7) is 5.37. The molecular formula is C18H29NO. The summed E-state index contributed by atoms with van der Waals surface area (Å²) in [4.78, 5) is 0. The molecule has 1 aliphatic carbocycles. The van der Waals surface area contributed by atoms with Crippen LogP contribution >= 0.6 is 0 Å². The van der Waals surface area contributed by atoms with Crippen molar-refractivity contribution in [2.45, 2.75) is 70.9 Å². The van der Waals surface area contributed by atoms with E-state index in [-0.39, 0.29) is 12.1 Å². The fraction of sp³-hybridized carbons (Fsp3) is 0.667. The van der Waals surface area contributed by atoms with E-state index >= 15 is 0 Å². The van der Waals surface area contributed by atoms with E-state index in [0.29, 0.717) is 0 Å². The molecule has 2 nitrogen and oxygen atoms in total. The molecular weight excluding hydrogens is 246 g/mol. The summed E-state index contributed by atoms with van der Waals surface area (Å²) in [5.74, 6) is 0. The van der Waals surface area contributed by atoms with Gasteiger partial charge < -0.3 is 10.4 Å². The second-order valence-electron chi connectivity index (χ2n) is 6.00. The Morgan fingerprint density at radius 3 is 2.70 bits per heavy atom. The number of rotatable bonds is 8. The summed E-state index contributed by atoms with van der Waals surface area (Å²) in [5.41, 5.74) is 4.01. The number of hydrogen-bond acceptors (Lipinski definition) is 2. The zero-order valence-corrected chi connectivity index (χ0v) is 13.0. The second kappa shape index (κ2) is 7.80. The van der Waals surface area contributed by atoms with Gasteiger partial charge in [-0.05, 0) is 55.3 Å². The van der Waals surface area contributed by atoms with Gasteiger partial charge in [0.15, 0.2) is 0 Å². The normalized spacial score (nSPS) is 16.9. The molecule has 0 saturated heterocycles. The van der Waals surface area contributed by atoms with E-state index in [9.17, 15) is 5.11 Å². The topological polar surface area (TPSA) is 32.3 Å². The number of fused-ring (bicyclic) bond motifs is 1. The number of nitrogens with one attached hydrogen (secondary N) is 1. The van der Waals surface area contributed by atoms with E-state index in [0.717, 1.165) is 18.5 Å². The highest BCUT2D eigenvalue weighted by Gasteiger charge is 2.20. The van der Waals surface area contributed by atoms with Crippen LogP contribution in [0.5, 0.6) is 0 Å². The summed E-state index contributed by atoms with van der Waals surface area (Å²) in [5, 5.41) is 14.1. The van der Waals surface area contributed by atoms with Gasteiger partial charge in [0, 0.05) is 6.04 Å². The number of hydrogen-bond donors (Lipinski definition) is 2. The monoisotopic (exact) mass is 275 g/mol. The summed E-state index contributed by atoms with van der Waals surface area (Å²) < 4.78 is 0. The maximum atomic E-state index is 10.6. The third kappa shape index (κ3) is 3.83. The molecule has 1 aliphatic rings. The van der Waals surface area contributed by atoms with E-state index < -0.39 is 0 Å². The Morgan fingerprint density at radius 1 is 1.15 bits per heavy atom. The molecule has 2 unspecified atom stereocenters. The summed E-state index contributed by atoms with van der Waals surface area (Å²) >= 11 is 0. The molecule has 2 N–H and O–H groups in total. The lowest BCUT2D eigenvalue weighted by Crippen LogP contribution is -2.35. The van der Waals surface area contributed by atoms with Gasteiger partial charge in [-0.3, -0.25) is 0 Å². The smallest absolute Gasteiger partial charge is 0.0942 e. The Hall–Kier alpha value is -0.860. The quantitative estimate of drug-likeness (QED) is 0.708. The van der Waals surface area contributed by atoms with Crippen molar-refractivity contribution in [1.82, 2.24) is 5.32 Å². The molecule has 0 saturated carbocycles. The van der Waals surface area contributed by atoms with Crippen molar-refractivity contribution in [1.29, 1.82) is 0 Å². The summed E-state index contributed by atoms with van der Waals surface area (Å²) in [6, 6.07) is 6.73. The highest BCUT2D eigenvalue weighted by molar-refractivity contribution is 5.36. The molecule has 0 fully saturated rings. The average Bonchev–Trinajstić information content (AvgIpc) is 2.94. The third-order valence-corrected chi connectivity index (χ3v) is 4.47. The van der Waals surface area contributed by atoms with E-state index in [1.54, 1.807) is 0 Å². The third-order valence-electron chi connectivity index (χ3n) is 4.47. The molecule has 0 spiro atoms. The lowest BCUT2D eigenvalue weighted by Gasteiger charge is -2.24. The summed E-state index contributed by atoms with van der Waals surface area (Å²) in [7, 11) is 0. The van der Waals surface area contributed by atoms with Gasteiger partial charge in [0.2, 0.25) is 0 Å². The van der Waals surface area contributed by atoms with Gasteiger partial charge in [0.1, 0.15) is 0 Å². The molecule has 2 heteroatoms. The Morgan fingerprint density at radius 2 is 1.95 bits per heavy atom. The van der Waals surface area contributed by atoms with Gasteiger partial charge in [-0.1, -0.05) is 44.9 Å². The molecule has 112 valence electrons. The van der Waals surface area contributed by atoms with Crippen LogP contribution in [0.25, 0.3) is 0 Å². The van der Waals surface area contributed by atoms with Crippen molar-refractivity contribution in [3.05, 3.63) is 34.9 Å². The van der Waals surface area contributed by atoms with Gasteiger partial charge >= 0.3 is 0 Å². The minimum atomic E-state index is -0.382. The first-order valence-electron chi connectivity index (χ1n) is 8.29. The van der Waals surface area contributed by atoms with Crippen molar-refractivity contribution in [2.24, 2.45) is 0 Å². The molecule has 2 atom stereocenters. The molecule has 0 aliphatic heterocycles. The maximum Gasteiger partial charge on any atom is 0.0942 e. The molecule has 1 aromatic rings. The van der Waals surface area contributed by atoms with Gasteiger partial charge in [-0.15, -0.1) is 0 Å². The van der Waals surface area contributed by atoms with Crippen LogP contribution < -0.4 is 5.32 Å². The SMILES string of the molecule is CCCCCNC(CC)C(O)c1ccc2c(c1)CCC2. The molecule has 20 heavy (non-hydrogen) atoms. The predicted octanol–water partition coefficient (Wildman–Crippen LogP) is 3.77. The molecule has 0 aromatic heterocycles. The molecule has 1 aromatic carbocycles. The van der Waals surface area contributed by atoms with Crippen LogP contribution in [0.15, 0.2) is 18.2 Å². The highest BCUT2D eigenvalue weighted by Crippen LogP contribution is 2.27. The fourth-order valence-corrected chi connectivity index (χ4v) is 3.15. The number of aliphatic hydroxyl groups is 1. The van der Waals surface area contributed by atoms with E-state index in [2.05, 4.69) is 37.4 Å². The first-order chi connectivity index (χ1) is 9.76. The highest BCUT2D eigenvalue weighted by atomic mass is 16.3. The Labute approximate surface area is 123 Å². The van der Waals surface area contributed by atoms with Crippen molar-refractivity contribution in [3.63, 3.8) is 0 Å². The van der Waals surface area contributed by atoms with Crippen molar-refractivity contribution >= 4 is 0 Å². The number of benzene rings is 1. The lowest BCUT2D eigenvalue weighted by molar-refractivity contribution is 0.126. The predicted molar refractivity (Wildman–Crippen MR) is 85.0 cm³/mol. The minimum Gasteiger partial charge on any atom is -0.387 e. The average molecular weight is 275 g/mol. The first kappa shape index (κ1) is 15.5. The van der Waals surface area contributed by atoms with E-state index in [1.807, 2.05) is 0 Å². The standard InChI is InChI=1S/C18H29NO/c1-3-5-6-12-19-17(4-2)18(20)16-11-10-14-8-7-9-15(14)13-16/h10-11,13,17-20H,3-9,12H2,1-2H3. The van der Waals surface area contributed by atoms with Crippen molar-refractivity contribution in [3.8, 4) is 0 Å². The van der Waals surface area contributed by atoms with Crippen LogP contribution in [-0.4, -0.2) is 17.7 Å². The van der Waals surface area contributed by atoms with Crippen LogP contribution in [-0.2, 0) is 12.8 Å². The Kier molecular flexibility index (Phi) is 6.06. The summed E-state index contributed by atoms with van der Waals surface area (Å²) in [6.07, 6.45) is 7.93. The van der Waals surface area contributed by atoms with Gasteiger partial charge in [-0.2, -0.15) is 0 Å². The van der Waals surface area contributed by atoms with Crippen LogP contribution in [0, 0.1) is 0 Å². The van der Waals surface area contributed by atoms with E-state index in [1.165, 1.54) is 49.7 Å². The van der Waals surface area contributed by atoms with Crippen LogP contribution in [0.2, 0.25) is 0 Å². The van der Waals surface area contributed by atoms with Crippen LogP contribution in [0.1, 0.15) is 68.7 Å². The zero-order chi connectivity index (χ0) is 14.4. The lowest BCUT2D eigenvalue weighted by atomic mass is 9.97. The molecule has 0 amide bonds. The molecule has 2 rings (SSSR count). The first-order valence-corrected chi connectivity index (χ1v) is 8.29. The molecule has 0 heterocycles. The van der Waals surface area contributed by atoms with Crippen molar-refractivity contribution in [2.75, 3.05) is 6.54 Å². The van der Waals surface area contributed by atoms with Crippen LogP contribution in [0.3, 0.4) is 0 Å². The minimum absolute atomic E-state index is 0.173. The van der Waals surface area contributed by atoms with Gasteiger partial charge in [0.05, 0.1) is 6.10 Å². The second-order valence-corrected chi connectivity index (χ2v) is 6.00. The van der Waals surface area contributed by atoms with Crippen LogP contribution in [0.4, 0.5) is 0 Å². The maximum absolute atomic E-state index is 10.6. The Balaban J connectivity index is 1.95. The largest absolute Gasteiger partial charge is 0.387 e. The number of aliphatic hydroxyl groups excluding tert-OH is 1. The molecule has 0 radical (unpaired) electrons. The Bertz CT molecular complexity index is 416. The van der Waals surface area contributed by atoms with Gasteiger partial charge in [-0.25, -0.2) is 0 Å². The van der Waals surface area contributed by atoms with Crippen molar-refractivity contribution < 1.29 is 5.11 Å². The fourth-order valence-electron chi connectivity index (χ4n) is 3.15. The number of aryl methyl sites for hydroxylation is 2.